The molecule has 11 heteroatoms. The van der Waals surface area contributed by atoms with Crippen molar-refractivity contribution in [2.24, 2.45) is 0 Å². The molecule has 0 aliphatic rings. The second-order valence-corrected chi connectivity index (χ2v) is 3.46. The van der Waals surface area contributed by atoms with Gasteiger partial charge in [0.1, 0.15) is 0 Å². The fourth-order valence-corrected chi connectivity index (χ4v) is 0. The van der Waals surface area contributed by atoms with Crippen LogP contribution in [0.4, 0.5) is 21.0 Å². The molecule has 0 aliphatic carbocycles. The third-order valence-electron chi connectivity index (χ3n) is 0. The minimum atomic E-state index is -8.55. The SMILES string of the molecule is FP(F)(F)(F)F.O=P(O)(O)O. The van der Waals surface area contributed by atoms with Gasteiger partial charge in [-0.2, -0.15) is 0 Å². The van der Waals surface area contributed by atoms with Gasteiger partial charge in [0.15, 0.2) is 0 Å². The largest absolute Gasteiger partial charge is 0.466 e. The molecule has 0 radical (unpaired) electrons. The standard InChI is InChI=1S/F5P.H3O4P/c1-6(2,3,4)5;1-5(2,3)4/h;(H3,1,2,3,4). The molecule has 0 aromatic rings. The van der Waals surface area contributed by atoms with Crippen molar-refractivity contribution in [1.29, 1.82) is 0 Å². The van der Waals surface area contributed by atoms with Gasteiger partial charge in [-0.25, -0.2) is 4.57 Å². The average Bonchev–Trinajstić information content (AvgIpc) is 1.07. The van der Waals surface area contributed by atoms with Gasteiger partial charge in [0.05, 0.1) is 0 Å². The summed E-state index contributed by atoms with van der Waals surface area (Å²) in [6.45, 7) is 0. The molecule has 0 amide bonds. The molecule has 72 valence electrons. The molecule has 0 bridgehead atoms. The zero-order valence-electron chi connectivity index (χ0n) is 4.53. The molecule has 0 aliphatic heterocycles. The first-order valence-corrected chi connectivity index (χ1v) is 4.88. The topological polar surface area (TPSA) is 77.8 Å². The van der Waals surface area contributed by atoms with E-state index in [1.165, 1.54) is 0 Å². The second-order valence-electron chi connectivity index (χ2n) is 1.15. The molecule has 0 rings (SSSR count). The van der Waals surface area contributed by atoms with Gasteiger partial charge in [0, 0.05) is 0 Å². The van der Waals surface area contributed by atoms with Gasteiger partial charge in [-0.05, 0) is 0 Å². The van der Waals surface area contributed by atoms with Crippen molar-refractivity contribution in [2.45, 2.75) is 0 Å². The van der Waals surface area contributed by atoms with Crippen LogP contribution in [0.5, 0.6) is 0 Å². The summed E-state index contributed by atoms with van der Waals surface area (Å²) in [4.78, 5) is 21.6. The number of hydrogen-bond donors (Lipinski definition) is 3. The van der Waals surface area contributed by atoms with E-state index >= 15 is 0 Å². The van der Waals surface area contributed by atoms with E-state index in [0.717, 1.165) is 0 Å². The Morgan fingerprint density at radius 1 is 0.909 bits per heavy atom. The second kappa shape index (κ2) is 3.28. The molecule has 11 heavy (non-hydrogen) atoms. The zero-order chi connectivity index (χ0) is 9.95. The van der Waals surface area contributed by atoms with Crippen molar-refractivity contribution in [3.8, 4) is 0 Å². The van der Waals surface area contributed by atoms with Crippen LogP contribution in [-0.4, -0.2) is 14.7 Å². The van der Waals surface area contributed by atoms with Crippen molar-refractivity contribution in [1.82, 2.24) is 0 Å². The van der Waals surface area contributed by atoms with Gasteiger partial charge in [0.2, 0.25) is 0 Å². The quantitative estimate of drug-likeness (QED) is 0.434. The first-order valence-electron chi connectivity index (χ1n) is 1.63. The molecule has 0 atom stereocenters. The zero-order valence-corrected chi connectivity index (χ0v) is 6.32. The fourth-order valence-electron chi connectivity index (χ4n) is 0. The first-order chi connectivity index (χ1) is 4.24. The van der Waals surface area contributed by atoms with Crippen LogP contribution in [-0.2, 0) is 4.57 Å². The number of phosphoric acid groups is 1. The van der Waals surface area contributed by atoms with Crippen molar-refractivity contribution < 1.29 is 40.2 Å². The molecular weight excluding hydrogens is 221 g/mol. The molecule has 0 unspecified atom stereocenters. The number of halogens is 5. The minimum Gasteiger partial charge on any atom is -0.303 e. The molecule has 0 heterocycles. The summed E-state index contributed by atoms with van der Waals surface area (Å²) in [6, 6.07) is 0. The van der Waals surface area contributed by atoms with Crippen molar-refractivity contribution in [2.75, 3.05) is 0 Å². The summed E-state index contributed by atoms with van der Waals surface area (Å²) >= 11 is 0. The monoisotopic (exact) mass is 224 g/mol. The molecule has 4 nitrogen and oxygen atoms in total. The van der Waals surface area contributed by atoms with Crippen LogP contribution in [0.3, 0.4) is 0 Å². The van der Waals surface area contributed by atoms with Crippen LogP contribution in [0.1, 0.15) is 0 Å². The Labute approximate surface area is 57.4 Å². The average molecular weight is 224 g/mol. The van der Waals surface area contributed by atoms with Gasteiger partial charge >= 0.3 is 37.0 Å². The van der Waals surface area contributed by atoms with Gasteiger partial charge in [0.25, 0.3) is 0 Å². The van der Waals surface area contributed by atoms with Gasteiger partial charge in [-0.15, -0.1) is 0 Å². The molecular formula is H3F5O4P2. The Morgan fingerprint density at radius 3 is 0.909 bits per heavy atom. The van der Waals surface area contributed by atoms with Crippen molar-refractivity contribution in [3.63, 3.8) is 0 Å². The molecule has 0 aromatic carbocycles. The Kier molecular flexibility index (Phi) is 4.11. The molecule has 0 spiro atoms. The molecule has 3 N–H and O–H groups in total. The Balaban J connectivity index is 0. The van der Waals surface area contributed by atoms with Gasteiger partial charge in [-0.3, -0.25) is 0 Å². The van der Waals surface area contributed by atoms with Crippen LogP contribution < -0.4 is 0 Å². The normalized spacial score (nSPS) is 15.8. The summed E-state index contributed by atoms with van der Waals surface area (Å²) in [5.41, 5.74) is 0. The minimum absolute atomic E-state index is 4.64. The van der Waals surface area contributed by atoms with Crippen LogP contribution >= 0.6 is 16.0 Å². The van der Waals surface area contributed by atoms with E-state index in [-0.39, 0.29) is 0 Å². The summed E-state index contributed by atoms with van der Waals surface area (Å²) < 4.78 is 58.1. The molecule has 0 fully saturated rings. The first kappa shape index (κ1) is 13.8. The van der Waals surface area contributed by atoms with E-state index in [1.807, 2.05) is 0 Å². The van der Waals surface area contributed by atoms with E-state index in [0.29, 0.717) is 0 Å². The van der Waals surface area contributed by atoms with Gasteiger partial charge < -0.3 is 14.7 Å². The molecule has 0 saturated carbocycles. The van der Waals surface area contributed by atoms with E-state index in [1.54, 1.807) is 0 Å². The van der Waals surface area contributed by atoms with E-state index in [4.69, 9.17) is 19.2 Å². The van der Waals surface area contributed by atoms with Crippen LogP contribution in [0.2, 0.25) is 0 Å². The summed E-state index contributed by atoms with van der Waals surface area (Å²) in [6.07, 6.45) is 0. The number of hydrogen-bond acceptors (Lipinski definition) is 1. The van der Waals surface area contributed by atoms with Crippen LogP contribution in [0, 0.1) is 0 Å². The van der Waals surface area contributed by atoms with E-state index < -0.39 is 16.0 Å². The van der Waals surface area contributed by atoms with E-state index in [2.05, 4.69) is 0 Å². The predicted molar refractivity (Wildman–Crippen MR) is 26.7 cm³/mol. The maximum absolute atomic E-state index is 9.84. The van der Waals surface area contributed by atoms with E-state index in [9.17, 15) is 21.0 Å². The van der Waals surface area contributed by atoms with Crippen LogP contribution in [0.15, 0.2) is 0 Å². The summed E-state index contributed by atoms with van der Waals surface area (Å²) in [7, 11) is -13.2. The Morgan fingerprint density at radius 2 is 0.909 bits per heavy atom. The predicted octanol–water partition coefficient (Wildman–Crippen LogP) is 2.03. The third-order valence-corrected chi connectivity index (χ3v) is 0. The fraction of sp³-hybridized carbons (Fsp3) is 0. The maximum Gasteiger partial charge on any atom is 0.466 e. The Bertz CT molecular complexity index is 136. The molecule has 0 saturated heterocycles. The van der Waals surface area contributed by atoms with Crippen molar-refractivity contribution >= 4 is 16.0 Å². The smallest absolute Gasteiger partial charge is 0.303 e. The number of rotatable bonds is 0. The van der Waals surface area contributed by atoms with Gasteiger partial charge in [-0.1, -0.05) is 0 Å². The molecule has 0 aromatic heterocycles. The van der Waals surface area contributed by atoms with Crippen molar-refractivity contribution in [3.05, 3.63) is 0 Å². The van der Waals surface area contributed by atoms with Crippen LogP contribution in [0.25, 0.3) is 0 Å². The third kappa shape index (κ3) is 18900. The maximum atomic E-state index is 9.84. The summed E-state index contributed by atoms with van der Waals surface area (Å²) in [5, 5.41) is 0. The summed E-state index contributed by atoms with van der Waals surface area (Å²) in [5.74, 6) is 0. The Hall–Kier alpha value is 0.190.